The Hall–Kier alpha value is -1.44. The summed E-state index contributed by atoms with van der Waals surface area (Å²) < 4.78 is 30.7. The molecule has 0 aromatic heterocycles. The van der Waals surface area contributed by atoms with E-state index in [2.05, 4.69) is 5.32 Å². The molecule has 1 N–H and O–H groups in total. The number of nitrogens with zero attached hydrogens (tertiary/aromatic N) is 1. The fourth-order valence-corrected chi connectivity index (χ4v) is 4.89. The SMILES string of the molecule is O=C(CN1CCCS1(=O)=O)Nc1cccc(COC2CCCCC2)c1. The standard InChI is InChI=1S/C18H26N2O4S/c21-18(13-20-10-5-11-25(20,22)23)19-16-7-4-6-15(12-16)14-24-17-8-2-1-3-9-17/h4,6-7,12,17H,1-3,5,8-11,13-14H2,(H,19,21). The Labute approximate surface area is 149 Å². The van der Waals surface area contributed by atoms with Crippen LogP contribution < -0.4 is 5.32 Å². The van der Waals surface area contributed by atoms with Crippen molar-refractivity contribution in [3.05, 3.63) is 29.8 Å². The van der Waals surface area contributed by atoms with E-state index in [0.717, 1.165) is 18.4 Å². The summed E-state index contributed by atoms with van der Waals surface area (Å²) in [6.45, 7) is 0.838. The van der Waals surface area contributed by atoms with Crippen LogP contribution in [0.1, 0.15) is 44.1 Å². The normalized spacial score (nSPS) is 21.3. The highest BCUT2D eigenvalue weighted by molar-refractivity contribution is 7.89. The molecule has 2 aliphatic rings. The minimum absolute atomic E-state index is 0.120. The predicted octanol–water partition coefficient (Wildman–Crippen LogP) is 2.51. The lowest BCUT2D eigenvalue weighted by molar-refractivity contribution is -0.116. The quantitative estimate of drug-likeness (QED) is 0.839. The maximum absolute atomic E-state index is 12.1. The number of carbonyl (C=O) groups excluding carboxylic acids is 1. The number of carbonyl (C=O) groups is 1. The van der Waals surface area contributed by atoms with Gasteiger partial charge in [0.2, 0.25) is 15.9 Å². The summed E-state index contributed by atoms with van der Waals surface area (Å²) in [7, 11) is -3.25. The number of hydrogen-bond acceptors (Lipinski definition) is 4. The largest absolute Gasteiger partial charge is 0.374 e. The third-order valence-corrected chi connectivity index (χ3v) is 6.67. The Morgan fingerprint density at radius 2 is 2.00 bits per heavy atom. The highest BCUT2D eigenvalue weighted by Crippen LogP contribution is 2.22. The highest BCUT2D eigenvalue weighted by Gasteiger charge is 2.29. The number of anilines is 1. The van der Waals surface area contributed by atoms with Crippen LogP contribution in [0.3, 0.4) is 0 Å². The molecule has 2 fully saturated rings. The van der Waals surface area contributed by atoms with E-state index in [4.69, 9.17) is 4.74 Å². The van der Waals surface area contributed by atoms with Gasteiger partial charge in [0.25, 0.3) is 0 Å². The molecule has 0 atom stereocenters. The van der Waals surface area contributed by atoms with Gasteiger partial charge in [0.1, 0.15) is 0 Å². The molecule has 1 aromatic rings. The van der Waals surface area contributed by atoms with Crippen molar-refractivity contribution in [2.24, 2.45) is 0 Å². The van der Waals surface area contributed by atoms with Crippen molar-refractivity contribution in [3.63, 3.8) is 0 Å². The molecule has 1 heterocycles. The van der Waals surface area contributed by atoms with Gasteiger partial charge in [-0.05, 0) is 37.0 Å². The van der Waals surface area contributed by atoms with E-state index in [1.807, 2.05) is 18.2 Å². The van der Waals surface area contributed by atoms with E-state index >= 15 is 0 Å². The van der Waals surface area contributed by atoms with E-state index in [9.17, 15) is 13.2 Å². The third kappa shape index (κ3) is 5.26. The molecule has 7 heteroatoms. The number of hydrogen-bond donors (Lipinski definition) is 1. The number of amides is 1. The van der Waals surface area contributed by atoms with Gasteiger partial charge in [-0.1, -0.05) is 31.4 Å². The smallest absolute Gasteiger partial charge is 0.239 e. The van der Waals surface area contributed by atoms with Crippen molar-refractivity contribution in [2.45, 2.75) is 51.2 Å². The zero-order valence-electron chi connectivity index (χ0n) is 14.4. The van der Waals surface area contributed by atoms with Crippen molar-refractivity contribution < 1.29 is 17.9 Å². The molecule has 3 rings (SSSR count). The first kappa shape index (κ1) is 18.4. The lowest BCUT2D eigenvalue weighted by atomic mass is 9.98. The van der Waals surface area contributed by atoms with Gasteiger partial charge >= 0.3 is 0 Å². The van der Waals surface area contributed by atoms with E-state index in [1.54, 1.807) is 6.07 Å². The molecule has 138 valence electrons. The van der Waals surface area contributed by atoms with Gasteiger partial charge in [-0.3, -0.25) is 4.79 Å². The summed E-state index contributed by atoms with van der Waals surface area (Å²) in [5.74, 6) is -0.176. The molecule has 1 aliphatic heterocycles. The van der Waals surface area contributed by atoms with E-state index in [0.29, 0.717) is 31.4 Å². The summed E-state index contributed by atoms with van der Waals surface area (Å²) >= 11 is 0. The number of sulfonamides is 1. The van der Waals surface area contributed by atoms with Gasteiger partial charge in [-0.2, -0.15) is 4.31 Å². The molecule has 0 radical (unpaired) electrons. The van der Waals surface area contributed by atoms with Crippen molar-refractivity contribution in [1.82, 2.24) is 4.31 Å². The number of ether oxygens (including phenoxy) is 1. The molecule has 25 heavy (non-hydrogen) atoms. The highest BCUT2D eigenvalue weighted by atomic mass is 32.2. The summed E-state index contributed by atoms with van der Waals surface area (Å²) in [5.41, 5.74) is 1.68. The fourth-order valence-electron chi connectivity index (χ4n) is 3.41. The minimum atomic E-state index is -3.25. The average molecular weight is 366 g/mol. The van der Waals surface area contributed by atoms with E-state index in [-0.39, 0.29) is 18.2 Å². The molecule has 0 spiro atoms. The summed E-state index contributed by atoms with van der Waals surface area (Å²) in [5, 5.41) is 2.78. The van der Waals surface area contributed by atoms with Gasteiger partial charge in [-0.15, -0.1) is 0 Å². The molecule has 1 aromatic carbocycles. The van der Waals surface area contributed by atoms with Crippen LogP contribution in [0.4, 0.5) is 5.69 Å². The van der Waals surface area contributed by atoms with Crippen LogP contribution in [-0.4, -0.2) is 43.6 Å². The summed E-state index contributed by atoms with van der Waals surface area (Å²) in [6.07, 6.45) is 6.95. The molecule has 1 saturated carbocycles. The first-order chi connectivity index (χ1) is 12.0. The van der Waals surface area contributed by atoms with Crippen LogP contribution in [0.2, 0.25) is 0 Å². The Bertz CT molecular complexity index is 699. The molecule has 1 aliphatic carbocycles. The van der Waals surface area contributed by atoms with Gasteiger partial charge < -0.3 is 10.1 Å². The zero-order chi connectivity index (χ0) is 17.7. The van der Waals surface area contributed by atoms with E-state index in [1.165, 1.54) is 23.6 Å². The summed E-state index contributed by atoms with van der Waals surface area (Å²) in [6, 6.07) is 7.55. The van der Waals surface area contributed by atoms with Crippen LogP contribution in [-0.2, 0) is 26.2 Å². The van der Waals surface area contributed by atoms with Crippen molar-refractivity contribution >= 4 is 21.6 Å². The lowest BCUT2D eigenvalue weighted by Gasteiger charge is -2.22. The fraction of sp³-hybridized carbons (Fsp3) is 0.611. The maximum atomic E-state index is 12.1. The molecule has 1 saturated heterocycles. The minimum Gasteiger partial charge on any atom is -0.374 e. The summed E-state index contributed by atoms with van der Waals surface area (Å²) in [4.78, 5) is 12.1. The predicted molar refractivity (Wildman–Crippen MR) is 96.7 cm³/mol. The van der Waals surface area contributed by atoms with Crippen LogP contribution in [0, 0.1) is 0 Å². The number of rotatable bonds is 6. The molecular formula is C18H26N2O4S. The Balaban J connectivity index is 1.51. The van der Waals surface area contributed by atoms with Gasteiger partial charge in [0, 0.05) is 12.2 Å². The third-order valence-electron chi connectivity index (χ3n) is 4.77. The molecular weight excluding hydrogens is 340 g/mol. The second-order valence-corrected chi connectivity index (χ2v) is 8.91. The topological polar surface area (TPSA) is 75.7 Å². The zero-order valence-corrected chi connectivity index (χ0v) is 15.3. The first-order valence-electron chi connectivity index (χ1n) is 9.01. The number of nitrogens with one attached hydrogen (secondary N) is 1. The van der Waals surface area contributed by atoms with E-state index < -0.39 is 10.0 Å². The van der Waals surface area contributed by atoms with Gasteiger partial charge in [-0.25, -0.2) is 8.42 Å². The molecule has 0 bridgehead atoms. The Kier molecular flexibility index (Phi) is 6.09. The molecule has 6 nitrogen and oxygen atoms in total. The van der Waals surface area contributed by atoms with Gasteiger partial charge in [0.15, 0.2) is 0 Å². The van der Waals surface area contributed by atoms with Gasteiger partial charge in [0.05, 0.1) is 25.0 Å². The Morgan fingerprint density at radius 1 is 1.20 bits per heavy atom. The van der Waals surface area contributed by atoms with Crippen LogP contribution >= 0.6 is 0 Å². The average Bonchev–Trinajstić information content (AvgIpc) is 2.92. The Morgan fingerprint density at radius 3 is 2.72 bits per heavy atom. The second kappa shape index (κ2) is 8.29. The lowest BCUT2D eigenvalue weighted by Crippen LogP contribution is -2.34. The van der Waals surface area contributed by atoms with Crippen LogP contribution in [0.15, 0.2) is 24.3 Å². The van der Waals surface area contributed by atoms with Crippen molar-refractivity contribution in [1.29, 1.82) is 0 Å². The molecule has 1 amide bonds. The molecule has 0 unspecified atom stereocenters. The second-order valence-electron chi connectivity index (χ2n) is 6.82. The monoisotopic (exact) mass is 366 g/mol. The van der Waals surface area contributed by atoms with Crippen LogP contribution in [0.25, 0.3) is 0 Å². The number of benzene rings is 1. The maximum Gasteiger partial charge on any atom is 0.239 e. The van der Waals surface area contributed by atoms with Crippen molar-refractivity contribution in [2.75, 3.05) is 24.2 Å². The van der Waals surface area contributed by atoms with Crippen molar-refractivity contribution in [3.8, 4) is 0 Å². The van der Waals surface area contributed by atoms with Crippen LogP contribution in [0.5, 0.6) is 0 Å². The first-order valence-corrected chi connectivity index (χ1v) is 10.6.